The van der Waals surface area contributed by atoms with Crippen LogP contribution in [-0.4, -0.2) is 33.1 Å². The summed E-state index contributed by atoms with van der Waals surface area (Å²) in [6.07, 6.45) is 2.02. The zero-order valence-corrected chi connectivity index (χ0v) is 14.1. The highest BCUT2D eigenvalue weighted by Gasteiger charge is 2.15. The van der Waals surface area contributed by atoms with E-state index in [0.717, 1.165) is 48.9 Å². The van der Waals surface area contributed by atoms with Crippen LogP contribution in [0.5, 0.6) is 0 Å². The lowest BCUT2D eigenvalue weighted by Gasteiger charge is -2.18. The third-order valence-corrected chi connectivity index (χ3v) is 3.92. The van der Waals surface area contributed by atoms with E-state index in [1.54, 1.807) is 0 Å². The van der Waals surface area contributed by atoms with Crippen molar-refractivity contribution in [2.75, 3.05) is 13.6 Å². The first kappa shape index (κ1) is 16.0. The van der Waals surface area contributed by atoms with Crippen LogP contribution in [0, 0.1) is 0 Å². The molecule has 0 radical (unpaired) electrons. The van der Waals surface area contributed by atoms with Crippen LogP contribution in [0.25, 0.3) is 0 Å². The van der Waals surface area contributed by atoms with E-state index in [4.69, 9.17) is 11.6 Å². The van der Waals surface area contributed by atoms with Gasteiger partial charge in [-0.2, -0.15) is 5.10 Å². The summed E-state index contributed by atoms with van der Waals surface area (Å²) in [5.41, 5.74) is 2.15. The van der Waals surface area contributed by atoms with Crippen molar-refractivity contribution in [2.24, 2.45) is 0 Å². The van der Waals surface area contributed by atoms with Crippen molar-refractivity contribution in [1.29, 1.82) is 0 Å². The van der Waals surface area contributed by atoms with Gasteiger partial charge in [-0.1, -0.05) is 41.4 Å². The van der Waals surface area contributed by atoms with Crippen molar-refractivity contribution < 1.29 is 0 Å². The van der Waals surface area contributed by atoms with Gasteiger partial charge in [0.05, 0.1) is 16.4 Å². The van der Waals surface area contributed by atoms with E-state index in [1.165, 1.54) is 0 Å². The van der Waals surface area contributed by atoms with Crippen LogP contribution >= 0.6 is 27.5 Å². The summed E-state index contributed by atoms with van der Waals surface area (Å²) in [5.74, 6) is 0. The summed E-state index contributed by atoms with van der Waals surface area (Å²) in [5, 5.41) is 5.39. The minimum absolute atomic E-state index is 0.553. The summed E-state index contributed by atoms with van der Waals surface area (Å²) >= 11 is 9.97. The summed E-state index contributed by atoms with van der Waals surface area (Å²) < 4.78 is 2.02. The molecule has 0 saturated heterocycles. The summed E-state index contributed by atoms with van der Waals surface area (Å²) in [4.78, 5) is 2.85. The standard InChI is InChI=1S/C13H23BrClN3/c1-5-11-13(15)12(18(6-2)16-11)9-17(4)8-7-10(3)14/h10H,5-9H2,1-4H3. The number of rotatable bonds is 7. The zero-order chi connectivity index (χ0) is 13.7. The lowest BCUT2D eigenvalue weighted by molar-refractivity contribution is 0.311. The van der Waals surface area contributed by atoms with Crippen molar-refractivity contribution in [3.63, 3.8) is 0 Å². The molecule has 0 amide bonds. The van der Waals surface area contributed by atoms with E-state index in [0.29, 0.717) is 4.83 Å². The molecule has 0 aromatic carbocycles. The Labute approximate surface area is 124 Å². The zero-order valence-electron chi connectivity index (χ0n) is 11.7. The Morgan fingerprint density at radius 3 is 2.61 bits per heavy atom. The Kier molecular flexibility index (Phi) is 6.67. The molecule has 1 aromatic heterocycles. The molecule has 0 aliphatic heterocycles. The third-order valence-electron chi connectivity index (χ3n) is 3.02. The Bertz CT molecular complexity index is 377. The van der Waals surface area contributed by atoms with Gasteiger partial charge in [0.1, 0.15) is 0 Å². The molecular formula is C13H23BrClN3. The Morgan fingerprint density at radius 2 is 2.11 bits per heavy atom. The summed E-state index contributed by atoms with van der Waals surface area (Å²) in [6, 6.07) is 0. The molecule has 0 spiro atoms. The average Bonchev–Trinajstić information content (AvgIpc) is 2.63. The van der Waals surface area contributed by atoms with Gasteiger partial charge in [0.2, 0.25) is 0 Å². The first-order valence-corrected chi connectivity index (χ1v) is 7.85. The Balaban J connectivity index is 2.73. The van der Waals surface area contributed by atoms with Gasteiger partial charge in [0.25, 0.3) is 0 Å². The van der Waals surface area contributed by atoms with Crippen molar-refractivity contribution in [2.45, 2.75) is 51.5 Å². The number of aromatic nitrogens is 2. The van der Waals surface area contributed by atoms with Crippen LogP contribution in [0.1, 0.15) is 38.6 Å². The maximum atomic E-state index is 6.40. The number of aryl methyl sites for hydroxylation is 2. The van der Waals surface area contributed by atoms with Gasteiger partial charge < -0.3 is 4.90 Å². The molecule has 104 valence electrons. The van der Waals surface area contributed by atoms with Gasteiger partial charge in [0.15, 0.2) is 0 Å². The normalized spacial score (nSPS) is 13.3. The summed E-state index contributed by atoms with van der Waals surface area (Å²) in [6.45, 7) is 9.16. The highest BCUT2D eigenvalue weighted by atomic mass is 79.9. The number of alkyl halides is 1. The van der Waals surface area contributed by atoms with Crippen LogP contribution in [0.3, 0.4) is 0 Å². The molecule has 5 heteroatoms. The molecule has 0 fully saturated rings. The Hall–Kier alpha value is -0.0600. The lowest BCUT2D eigenvalue weighted by Crippen LogP contribution is -2.22. The van der Waals surface area contributed by atoms with E-state index in [1.807, 2.05) is 4.68 Å². The molecule has 1 aromatic rings. The first-order valence-electron chi connectivity index (χ1n) is 6.56. The maximum absolute atomic E-state index is 6.40. The molecule has 0 N–H and O–H groups in total. The molecule has 0 bridgehead atoms. The average molecular weight is 337 g/mol. The van der Waals surface area contributed by atoms with E-state index in [-0.39, 0.29) is 0 Å². The SMILES string of the molecule is CCc1nn(CC)c(CN(C)CCC(C)Br)c1Cl. The monoisotopic (exact) mass is 335 g/mol. The molecule has 1 unspecified atom stereocenters. The van der Waals surface area contributed by atoms with Gasteiger partial charge in [-0.3, -0.25) is 4.68 Å². The molecule has 3 nitrogen and oxygen atoms in total. The van der Waals surface area contributed by atoms with Crippen molar-refractivity contribution in [3.8, 4) is 0 Å². The van der Waals surface area contributed by atoms with Crippen LogP contribution in [0.4, 0.5) is 0 Å². The van der Waals surface area contributed by atoms with E-state index in [2.05, 4.69) is 53.7 Å². The minimum atomic E-state index is 0.553. The molecular weight excluding hydrogens is 314 g/mol. The van der Waals surface area contributed by atoms with E-state index in [9.17, 15) is 0 Å². The van der Waals surface area contributed by atoms with Crippen LogP contribution < -0.4 is 0 Å². The second-order valence-corrected chi connectivity index (χ2v) is 6.63. The maximum Gasteiger partial charge on any atom is 0.0863 e. The fourth-order valence-electron chi connectivity index (χ4n) is 1.90. The topological polar surface area (TPSA) is 21.1 Å². The quantitative estimate of drug-likeness (QED) is 0.708. The van der Waals surface area contributed by atoms with E-state index >= 15 is 0 Å². The van der Waals surface area contributed by atoms with E-state index < -0.39 is 0 Å². The molecule has 0 aliphatic rings. The fourth-order valence-corrected chi connectivity index (χ4v) is 2.43. The highest BCUT2D eigenvalue weighted by Crippen LogP contribution is 2.23. The van der Waals surface area contributed by atoms with Crippen molar-refractivity contribution in [3.05, 3.63) is 16.4 Å². The van der Waals surface area contributed by atoms with Gasteiger partial charge in [-0.25, -0.2) is 0 Å². The lowest BCUT2D eigenvalue weighted by atomic mass is 10.2. The number of hydrogen-bond donors (Lipinski definition) is 0. The number of halogens is 2. The van der Waals surface area contributed by atoms with Gasteiger partial charge in [-0.05, 0) is 33.4 Å². The van der Waals surface area contributed by atoms with Crippen molar-refractivity contribution in [1.82, 2.24) is 14.7 Å². The number of nitrogens with zero attached hydrogens (tertiary/aromatic N) is 3. The second-order valence-electron chi connectivity index (χ2n) is 4.68. The van der Waals surface area contributed by atoms with Gasteiger partial charge in [0, 0.05) is 17.9 Å². The van der Waals surface area contributed by atoms with Crippen LogP contribution in [0.15, 0.2) is 0 Å². The smallest absolute Gasteiger partial charge is 0.0863 e. The van der Waals surface area contributed by atoms with Gasteiger partial charge >= 0.3 is 0 Å². The largest absolute Gasteiger partial charge is 0.300 e. The Morgan fingerprint density at radius 1 is 1.44 bits per heavy atom. The fraction of sp³-hybridized carbons (Fsp3) is 0.769. The highest BCUT2D eigenvalue weighted by molar-refractivity contribution is 9.09. The molecule has 1 atom stereocenters. The van der Waals surface area contributed by atoms with Crippen LogP contribution in [0.2, 0.25) is 5.02 Å². The molecule has 1 rings (SSSR count). The van der Waals surface area contributed by atoms with Crippen LogP contribution in [-0.2, 0) is 19.5 Å². The van der Waals surface area contributed by atoms with Crippen molar-refractivity contribution >= 4 is 27.5 Å². The molecule has 1 heterocycles. The van der Waals surface area contributed by atoms with Gasteiger partial charge in [-0.15, -0.1) is 0 Å². The minimum Gasteiger partial charge on any atom is -0.300 e. The third kappa shape index (κ3) is 4.25. The molecule has 18 heavy (non-hydrogen) atoms. The predicted molar refractivity (Wildman–Crippen MR) is 81.6 cm³/mol. The second kappa shape index (κ2) is 7.51. The first-order chi connectivity index (χ1) is 8.49. The predicted octanol–water partition coefficient (Wildman–Crippen LogP) is 3.72. The molecule has 0 aliphatic carbocycles. The number of hydrogen-bond acceptors (Lipinski definition) is 2. The molecule has 0 saturated carbocycles. The summed E-state index contributed by atoms with van der Waals surface area (Å²) in [7, 11) is 2.13.